The van der Waals surface area contributed by atoms with Gasteiger partial charge in [0.2, 0.25) is 5.91 Å². The molecule has 2 N–H and O–H groups in total. The van der Waals surface area contributed by atoms with Gasteiger partial charge in [0.25, 0.3) is 5.91 Å². The Balaban J connectivity index is 1.64. The molecule has 0 aliphatic carbocycles. The number of carbonyl (C=O) groups is 2. The molecule has 1 fully saturated rings. The number of hydrogen-bond donors (Lipinski definition) is 2. The Labute approximate surface area is 145 Å². The van der Waals surface area contributed by atoms with Crippen LogP contribution in [-0.4, -0.2) is 47.9 Å². The second kappa shape index (κ2) is 6.92. The van der Waals surface area contributed by atoms with Crippen LogP contribution in [0, 0.1) is 0 Å². The summed E-state index contributed by atoms with van der Waals surface area (Å²) in [5.74, 6) is 0.286. The summed E-state index contributed by atoms with van der Waals surface area (Å²) >= 11 is 4.35. The Bertz CT molecular complexity index is 755. The number of primary amides is 1. The molecule has 7 heteroatoms. The first-order valence-corrected chi connectivity index (χ1v) is 8.09. The SMILES string of the molecule is NC(=O)c1ccc(N2CCN(C(=O)c3ccccc3S)CC2)nc1. The molecule has 0 unspecified atom stereocenters. The van der Waals surface area contributed by atoms with E-state index in [1.807, 2.05) is 23.1 Å². The van der Waals surface area contributed by atoms with Crippen molar-refractivity contribution in [1.29, 1.82) is 0 Å². The van der Waals surface area contributed by atoms with Crippen LogP contribution in [0.25, 0.3) is 0 Å². The van der Waals surface area contributed by atoms with Crippen LogP contribution in [0.1, 0.15) is 20.7 Å². The second-order valence-electron chi connectivity index (χ2n) is 5.57. The van der Waals surface area contributed by atoms with Crippen molar-refractivity contribution in [2.75, 3.05) is 31.1 Å². The summed E-state index contributed by atoms with van der Waals surface area (Å²) in [6, 6.07) is 10.8. The van der Waals surface area contributed by atoms with Gasteiger partial charge in [-0.2, -0.15) is 0 Å². The Kier molecular flexibility index (Phi) is 4.71. The molecule has 0 spiro atoms. The third-order valence-corrected chi connectivity index (χ3v) is 4.45. The number of nitrogens with zero attached hydrogens (tertiary/aromatic N) is 3. The average Bonchev–Trinajstić information content (AvgIpc) is 2.62. The standard InChI is InChI=1S/C17H18N4O2S/c18-16(22)12-5-6-15(19-11-12)20-7-9-21(10-8-20)17(23)13-3-1-2-4-14(13)24/h1-6,11,24H,7-10H2,(H2,18,22). The molecule has 24 heavy (non-hydrogen) atoms. The topological polar surface area (TPSA) is 79.5 Å². The minimum Gasteiger partial charge on any atom is -0.366 e. The number of pyridine rings is 1. The molecule has 0 radical (unpaired) electrons. The summed E-state index contributed by atoms with van der Waals surface area (Å²) in [5.41, 5.74) is 6.23. The van der Waals surface area contributed by atoms with Gasteiger partial charge in [-0.1, -0.05) is 12.1 Å². The maximum absolute atomic E-state index is 12.6. The Morgan fingerprint density at radius 1 is 1.04 bits per heavy atom. The minimum atomic E-state index is -0.491. The number of carbonyl (C=O) groups excluding carboxylic acids is 2. The van der Waals surface area contributed by atoms with E-state index in [2.05, 4.69) is 22.5 Å². The highest BCUT2D eigenvalue weighted by atomic mass is 32.1. The fourth-order valence-electron chi connectivity index (χ4n) is 2.68. The third kappa shape index (κ3) is 3.35. The maximum Gasteiger partial charge on any atom is 0.255 e. The van der Waals surface area contributed by atoms with Gasteiger partial charge in [0, 0.05) is 37.3 Å². The highest BCUT2D eigenvalue weighted by molar-refractivity contribution is 7.80. The lowest BCUT2D eigenvalue weighted by atomic mass is 10.1. The van der Waals surface area contributed by atoms with Crippen molar-refractivity contribution in [3.8, 4) is 0 Å². The van der Waals surface area contributed by atoms with E-state index >= 15 is 0 Å². The van der Waals surface area contributed by atoms with Gasteiger partial charge in [0.05, 0.1) is 11.1 Å². The normalized spacial score (nSPS) is 14.5. The number of rotatable bonds is 3. The fraction of sp³-hybridized carbons (Fsp3) is 0.235. The zero-order valence-corrected chi connectivity index (χ0v) is 13.9. The molecular weight excluding hydrogens is 324 g/mol. The molecule has 6 nitrogen and oxygen atoms in total. The van der Waals surface area contributed by atoms with Crippen molar-refractivity contribution >= 4 is 30.3 Å². The van der Waals surface area contributed by atoms with Gasteiger partial charge in [0.1, 0.15) is 5.82 Å². The number of benzene rings is 1. The number of anilines is 1. The maximum atomic E-state index is 12.6. The monoisotopic (exact) mass is 342 g/mol. The summed E-state index contributed by atoms with van der Waals surface area (Å²) in [4.78, 5) is 32.5. The van der Waals surface area contributed by atoms with Gasteiger partial charge in [-0.15, -0.1) is 12.6 Å². The first kappa shape index (κ1) is 16.3. The van der Waals surface area contributed by atoms with Crippen molar-refractivity contribution in [2.24, 2.45) is 5.73 Å². The lowest BCUT2D eigenvalue weighted by Gasteiger charge is -2.35. The molecule has 3 rings (SSSR count). The quantitative estimate of drug-likeness (QED) is 0.827. The highest BCUT2D eigenvalue weighted by Gasteiger charge is 2.23. The molecule has 0 atom stereocenters. The molecule has 124 valence electrons. The Morgan fingerprint density at radius 2 is 1.75 bits per heavy atom. The number of thiol groups is 1. The minimum absolute atomic E-state index is 0.00251. The van der Waals surface area contributed by atoms with Crippen LogP contribution in [0.2, 0.25) is 0 Å². The zero-order chi connectivity index (χ0) is 17.1. The second-order valence-corrected chi connectivity index (χ2v) is 6.05. The van der Waals surface area contributed by atoms with Gasteiger partial charge < -0.3 is 15.5 Å². The summed E-state index contributed by atoms with van der Waals surface area (Å²) < 4.78 is 0. The predicted octanol–water partition coefficient (Wildman–Crippen LogP) is 1.43. The summed E-state index contributed by atoms with van der Waals surface area (Å²) in [6.45, 7) is 2.59. The average molecular weight is 342 g/mol. The van der Waals surface area contributed by atoms with Crippen molar-refractivity contribution < 1.29 is 9.59 Å². The molecule has 1 aromatic heterocycles. The first-order chi connectivity index (χ1) is 11.6. The molecule has 2 amide bonds. The van der Waals surface area contributed by atoms with E-state index in [4.69, 9.17) is 5.73 Å². The van der Waals surface area contributed by atoms with Gasteiger partial charge in [-0.05, 0) is 24.3 Å². The molecule has 2 heterocycles. The van der Waals surface area contributed by atoms with E-state index in [0.717, 1.165) is 5.82 Å². The first-order valence-electron chi connectivity index (χ1n) is 7.64. The van der Waals surface area contributed by atoms with Crippen LogP contribution in [0.15, 0.2) is 47.5 Å². The van der Waals surface area contributed by atoms with Crippen LogP contribution in [0.4, 0.5) is 5.82 Å². The van der Waals surface area contributed by atoms with Crippen LogP contribution in [0.3, 0.4) is 0 Å². The largest absolute Gasteiger partial charge is 0.366 e. The summed E-state index contributed by atoms with van der Waals surface area (Å²) in [6.07, 6.45) is 1.48. The summed E-state index contributed by atoms with van der Waals surface area (Å²) in [7, 11) is 0. The van der Waals surface area contributed by atoms with Gasteiger partial charge in [0.15, 0.2) is 0 Å². The van der Waals surface area contributed by atoms with Gasteiger partial charge in [-0.25, -0.2) is 4.98 Å². The van der Waals surface area contributed by atoms with Crippen molar-refractivity contribution in [2.45, 2.75) is 4.90 Å². The predicted molar refractivity (Wildman–Crippen MR) is 94.6 cm³/mol. The Morgan fingerprint density at radius 3 is 2.33 bits per heavy atom. The molecular formula is C17H18N4O2S. The molecule has 0 bridgehead atoms. The van der Waals surface area contributed by atoms with Crippen molar-refractivity contribution in [3.63, 3.8) is 0 Å². The smallest absolute Gasteiger partial charge is 0.255 e. The zero-order valence-electron chi connectivity index (χ0n) is 13.1. The number of piperazine rings is 1. The van der Waals surface area contributed by atoms with E-state index < -0.39 is 5.91 Å². The van der Waals surface area contributed by atoms with E-state index in [1.165, 1.54) is 6.20 Å². The number of hydrogen-bond acceptors (Lipinski definition) is 5. The van der Waals surface area contributed by atoms with Crippen LogP contribution in [0.5, 0.6) is 0 Å². The van der Waals surface area contributed by atoms with E-state index in [1.54, 1.807) is 18.2 Å². The Hall–Kier alpha value is -2.54. The van der Waals surface area contributed by atoms with Gasteiger partial charge >= 0.3 is 0 Å². The van der Waals surface area contributed by atoms with Crippen LogP contribution in [-0.2, 0) is 0 Å². The summed E-state index contributed by atoms with van der Waals surface area (Å²) in [5, 5.41) is 0. The lowest BCUT2D eigenvalue weighted by Crippen LogP contribution is -2.49. The fourth-order valence-corrected chi connectivity index (χ4v) is 2.94. The lowest BCUT2D eigenvalue weighted by molar-refractivity contribution is 0.0743. The van der Waals surface area contributed by atoms with Gasteiger partial charge in [-0.3, -0.25) is 9.59 Å². The molecule has 0 saturated carbocycles. The van der Waals surface area contributed by atoms with Crippen molar-refractivity contribution in [3.05, 3.63) is 53.7 Å². The van der Waals surface area contributed by atoms with Crippen LogP contribution < -0.4 is 10.6 Å². The number of amides is 2. The molecule has 2 aromatic rings. The van der Waals surface area contributed by atoms with E-state index in [9.17, 15) is 9.59 Å². The molecule has 1 aliphatic heterocycles. The molecule has 1 aromatic carbocycles. The number of nitrogens with two attached hydrogens (primary N) is 1. The van der Waals surface area contributed by atoms with Crippen LogP contribution >= 0.6 is 12.6 Å². The van der Waals surface area contributed by atoms with Crippen molar-refractivity contribution in [1.82, 2.24) is 9.88 Å². The van der Waals surface area contributed by atoms with E-state index in [-0.39, 0.29) is 5.91 Å². The number of aromatic nitrogens is 1. The highest BCUT2D eigenvalue weighted by Crippen LogP contribution is 2.18. The third-order valence-electron chi connectivity index (χ3n) is 4.06. The van der Waals surface area contributed by atoms with E-state index in [0.29, 0.717) is 42.2 Å². The molecule has 1 saturated heterocycles. The molecule has 1 aliphatic rings.